The Morgan fingerprint density at radius 2 is 1.46 bits per heavy atom. The van der Waals surface area contributed by atoms with Crippen molar-refractivity contribution in [2.75, 3.05) is 0 Å². The highest BCUT2D eigenvalue weighted by molar-refractivity contribution is 5.79. The van der Waals surface area contributed by atoms with Gasteiger partial charge in [-0.25, -0.2) is 4.99 Å². The lowest BCUT2D eigenvalue weighted by Crippen LogP contribution is -2.68. The summed E-state index contributed by atoms with van der Waals surface area (Å²) in [5.41, 5.74) is 6.61. The van der Waals surface area contributed by atoms with Crippen LogP contribution in [-0.2, 0) is 0 Å². The summed E-state index contributed by atoms with van der Waals surface area (Å²) >= 11 is 0. The van der Waals surface area contributed by atoms with Crippen LogP contribution < -0.4 is 11.1 Å². The Bertz CT molecular complexity index is 793. The second-order valence-electron chi connectivity index (χ2n) is 10.9. The van der Waals surface area contributed by atoms with Crippen molar-refractivity contribution in [2.45, 2.75) is 74.7 Å². The quantitative estimate of drug-likeness (QED) is 0.334. The highest BCUT2D eigenvalue weighted by Gasteiger charge is 2.60. The fourth-order valence-corrected chi connectivity index (χ4v) is 8.46. The molecular weight excluding hydrogens is 350 g/mol. The predicted octanol–water partition coefficient (Wildman–Crippen LogP) is 2.10. The molecule has 10 atom stereocenters. The number of rotatable bonds is 2. The summed E-state index contributed by atoms with van der Waals surface area (Å²) in [5, 5.41) is 26.3. The first-order valence-electron chi connectivity index (χ1n) is 11.2. The maximum absolute atomic E-state index is 11.4. The molecule has 10 unspecified atom stereocenters. The molecule has 8 aliphatic carbocycles. The average Bonchev–Trinajstić information content (AvgIpc) is 2.64. The molecule has 152 valence electrons. The van der Waals surface area contributed by atoms with Crippen LogP contribution in [0.3, 0.4) is 0 Å². The van der Waals surface area contributed by atoms with Gasteiger partial charge in [-0.05, 0) is 98.0 Å². The summed E-state index contributed by atoms with van der Waals surface area (Å²) in [6, 6.07) is -0.304. The Labute approximate surface area is 167 Å². The van der Waals surface area contributed by atoms with Crippen LogP contribution in [0, 0.1) is 35.5 Å². The zero-order valence-corrected chi connectivity index (χ0v) is 16.6. The third-order valence-corrected chi connectivity index (χ3v) is 9.48. The van der Waals surface area contributed by atoms with E-state index >= 15 is 0 Å². The Balaban J connectivity index is 1.27. The molecule has 28 heavy (non-hydrogen) atoms. The number of nitrogens with zero attached hydrogens (tertiary/aromatic N) is 1. The molecule has 0 amide bonds. The van der Waals surface area contributed by atoms with Crippen molar-refractivity contribution in [1.29, 1.82) is 0 Å². The van der Waals surface area contributed by atoms with E-state index in [1.807, 2.05) is 0 Å². The lowest BCUT2D eigenvalue weighted by molar-refractivity contribution is -0.100. The van der Waals surface area contributed by atoms with Crippen LogP contribution in [0.25, 0.3) is 0 Å². The Morgan fingerprint density at radius 1 is 0.893 bits per heavy atom. The van der Waals surface area contributed by atoms with Crippen molar-refractivity contribution in [3.63, 3.8) is 0 Å². The normalized spacial score (nSPS) is 56.6. The molecule has 0 spiro atoms. The number of nitrogens with two attached hydrogens (primary N) is 1. The summed E-state index contributed by atoms with van der Waals surface area (Å²) in [6.45, 7) is 8.50. The van der Waals surface area contributed by atoms with Gasteiger partial charge in [-0.1, -0.05) is 13.2 Å². The summed E-state index contributed by atoms with van der Waals surface area (Å²) < 4.78 is 0. The van der Waals surface area contributed by atoms with Crippen LogP contribution in [0.5, 0.6) is 0 Å². The maximum Gasteiger partial charge on any atom is 0.189 e. The van der Waals surface area contributed by atoms with Crippen LogP contribution >= 0.6 is 0 Å². The molecular formula is C23H33N3O2. The van der Waals surface area contributed by atoms with E-state index in [2.05, 4.69) is 18.5 Å². The molecule has 5 nitrogen and oxygen atoms in total. The number of hydrogen-bond donors (Lipinski definition) is 4. The first-order valence-corrected chi connectivity index (χ1v) is 11.2. The lowest BCUT2D eigenvalue weighted by atomic mass is 9.50. The first-order chi connectivity index (χ1) is 13.3. The van der Waals surface area contributed by atoms with Crippen LogP contribution in [0.15, 0.2) is 29.3 Å². The van der Waals surface area contributed by atoms with Crippen molar-refractivity contribution >= 4 is 5.96 Å². The van der Waals surface area contributed by atoms with Crippen molar-refractivity contribution in [2.24, 2.45) is 46.2 Å². The van der Waals surface area contributed by atoms with Crippen LogP contribution in [-0.4, -0.2) is 39.5 Å². The Morgan fingerprint density at radius 3 is 2.18 bits per heavy atom. The fourth-order valence-electron chi connectivity index (χ4n) is 8.46. The summed E-state index contributed by atoms with van der Waals surface area (Å²) in [7, 11) is 0. The minimum absolute atomic E-state index is 0.105. The molecule has 8 saturated carbocycles. The van der Waals surface area contributed by atoms with E-state index < -0.39 is 11.2 Å². The van der Waals surface area contributed by atoms with E-state index in [0.717, 1.165) is 49.7 Å². The topological polar surface area (TPSA) is 90.9 Å². The second kappa shape index (κ2) is 5.42. The minimum Gasteiger partial charge on any atom is -0.383 e. The molecule has 0 aromatic rings. The van der Waals surface area contributed by atoms with E-state index in [1.54, 1.807) is 0 Å². The van der Waals surface area contributed by atoms with E-state index in [1.165, 1.54) is 12.8 Å². The summed E-state index contributed by atoms with van der Waals surface area (Å²) in [6.07, 6.45) is 8.42. The number of aliphatic imine (C=N–C) groups is 1. The maximum atomic E-state index is 11.4. The van der Waals surface area contributed by atoms with Gasteiger partial charge in [-0.3, -0.25) is 0 Å². The van der Waals surface area contributed by atoms with Crippen molar-refractivity contribution in [1.82, 2.24) is 5.32 Å². The highest BCUT2D eigenvalue weighted by atomic mass is 16.3. The third kappa shape index (κ3) is 2.12. The molecule has 8 aliphatic rings. The number of guanidine groups is 1. The number of nitrogens with one attached hydrogen (secondary N) is 1. The second-order valence-corrected chi connectivity index (χ2v) is 10.9. The Hall–Kier alpha value is -1.33. The van der Waals surface area contributed by atoms with Crippen LogP contribution in [0.2, 0.25) is 0 Å². The van der Waals surface area contributed by atoms with Gasteiger partial charge in [0, 0.05) is 0 Å². The van der Waals surface area contributed by atoms with E-state index in [-0.39, 0.29) is 12.1 Å². The molecule has 8 rings (SSSR count). The van der Waals surface area contributed by atoms with Gasteiger partial charge in [0.05, 0.1) is 12.1 Å². The molecule has 5 heteroatoms. The fraction of sp³-hybridized carbons (Fsp3) is 0.783. The largest absolute Gasteiger partial charge is 0.383 e. The summed E-state index contributed by atoms with van der Waals surface area (Å²) in [5.74, 6) is 3.33. The first kappa shape index (κ1) is 17.5. The highest BCUT2D eigenvalue weighted by Crippen LogP contribution is 2.59. The SMILES string of the molecule is C=C1C2CC3CC(C2)C(N=C(N)NC2C4CC5CC(C4)C(=C)C2(O)C5)C1(O)C3. The number of hydrogen-bond acceptors (Lipinski definition) is 3. The third-order valence-electron chi connectivity index (χ3n) is 9.48. The lowest BCUT2D eigenvalue weighted by Gasteiger charge is -2.60. The van der Waals surface area contributed by atoms with Crippen molar-refractivity contribution in [3.05, 3.63) is 24.3 Å². The van der Waals surface area contributed by atoms with Gasteiger partial charge < -0.3 is 21.3 Å². The van der Waals surface area contributed by atoms with Crippen LogP contribution in [0.1, 0.15) is 51.4 Å². The molecule has 0 radical (unpaired) electrons. The molecule has 5 N–H and O–H groups in total. The standard InChI is InChI=1S/C23H33N3O2/c1-11-15-3-13-5-17(7-15)19(22(11,27)9-13)25-21(24)26-20-18-6-14-4-16(8-18)12(2)23(20,28)10-14/h13-20,27-28H,1-10H2,(H3,24,25,26). The molecule has 0 heterocycles. The number of aliphatic hydroxyl groups is 2. The molecule has 8 bridgehead atoms. The molecule has 0 aromatic heterocycles. The van der Waals surface area contributed by atoms with Gasteiger partial charge in [-0.15, -0.1) is 0 Å². The van der Waals surface area contributed by atoms with E-state index in [4.69, 9.17) is 10.7 Å². The minimum atomic E-state index is -0.897. The molecule has 8 fully saturated rings. The van der Waals surface area contributed by atoms with Crippen LogP contribution in [0.4, 0.5) is 0 Å². The van der Waals surface area contributed by atoms with Gasteiger partial charge in [0.15, 0.2) is 5.96 Å². The van der Waals surface area contributed by atoms with Gasteiger partial charge in [0.2, 0.25) is 0 Å². The molecule has 0 saturated heterocycles. The van der Waals surface area contributed by atoms with E-state index in [9.17, 15) is 10.2 Å². The summed E-state index contributed by atoms with van der Waals surface area (Å²) in [4.78, 5) is 4.84. The zero-order valence-electron chi connectivity index (χ0n) is 16.6. The van der Waals surface area contributed by atoms with Gasteiger partial charge in [0.1, 0.15) is 11.2 Å². The molecule has 0 aromatic carbocycles. The van der Waals surface area contributed by atoms with Crippen molar-refractivity contribution in [3.8, 4) is 0 Å². The zero-order chi connectivity index (χ0) is 19.4. The Kier molecular flexibility index (Phi) is 3.39. The van der Waals surface area contributed by atoms with E-state index in [0.29, 0.717) is 41.5 Å². The predicted molar refractivity (Wildman–Crippen MR) is 108 cm³/mol. The van der Waals surface area contributed by atoms with Crippen molar-refractivity contribution < 1.29 is 10.2 Å². The van der Waals surface area contributed by atoms with Gasteiger partial charge in [-0.2, -0.15) is 0 Å². The molecule has 0 aliphatic heterocycles. The smallest absolute Gasteiger partial charge is 0.189 e. The average molecular weight is 384 g/mol. The van der Waals surface area contributed by atoms with Gasteiger partial charge in [0.25, 0.3) is 0 Å². The monoisotopic (exact) mass is 383 g/mol. The van der Waals surface area contributed by atoms with Gasteiger partial charge >= 0.3 is 0 Å².